The molecule has 2 aromatic rings. The van der Waals surface area contributed by atoms with E-state index < -0.39 is 15.6 Å². The monoisotopic (exact) mass is 282 g/mol. The highest BCUT2D eigenvalue weighted by Crippen LogP contribution is 2.24. The summed E-state index contributed by atoms with van der Waals surface area (Å²) >= 11 is 6.04. The molecule has 0 fully saturated rings. The van der Waals surface area contributed by atoms with Crippen LogP contribution in [-0.2, 0) is 14.5 Å². The van der Waals surface area contributed by atoms with Gasteiger partial charge >= 0.3 is 0 Å². The maximum atomic E-state index is 12.2. The Labute approximate surface area is 110 Å². The van der Waals surface area contributed by atoms with Crippen LogP contribution in [0.4, 0.5) is 0 Å². The highest BCUT2D eigenvalue weighted by atomic mass is 35.5. The number of hydrogen-bond acceptors (Lipinski definition) is 3. The van der Waals surface area contributed by atoms with Crippen LogP contribution >= 0.6 is 11.6 Å². The van der Waals surface area contributed by atoms with Gasteiger partial charge in [0.25, 0.3) is 0 Å². The van der Waals surface area contributed by atoms with Crippen LogP contribution < -0.4 is 4.72 Å². The lowest BCUT2D eigenvalue weighted by Gasteiger charge is -2.10. The van der Waals surface area contributed by atoms with Crippen molar-refractivity contribution in [1.82, 2.24) is 9.71 Å². The standard InChI is InChI=1S/C12H11ClN2O2S/c1-8(16)15-18(2,17)9-3-4-12-10(7-9)11(13)5-6-14-12/h3-7H,2H2,1H3,(H,15,16,17). The van der Waals surface area contributed by atoms with E-state index in [2.05, 4.69) is 15.6 Å². The summed E-state index contributed by atoms with van der Waals surface area (Å²) < 4.78 is 14.6. The molecule has 1 amide bonds. The molecule has 2 rings (SSSR count). The molecule has 0 aliphatic rings. The van der Waals surface area contributed by atoms with Gasteiger partial charge in [0, 0.05) is 18.5 Å². The number of halogens is 1. The predicted molar refractivity (Wildman–Crippen MR) is 74.1 cm³/mol. The summed E-state index contributed by atoms with van der Waals surface area (Å²) in [7, 11) is -2.85. The Morgan fingerprint density at radius 3 is 2.83 bits per heavy atom. The zero-order chi connectivity index (χ0) is 13.3. The van der Waals surface area contributed by atoms with Crippen molar-refractivity contribution in [2.24, 2.45) is 0 Å². The summed E-state index contributed by atoms with van der Waals surface area (Å²) in [5.74, 6) is 3.15. The van der Waals surface area contributed by atoms with Crippen molar-refractivity contribution in [3.05, 3.63) is 35.5 Å². The molecule has 0 aliphatic carbocycles. The number of rotatable bonds is 2. The molecular formula is C12H11ClN2O2S. The quantitative estimate of drug-likeness (QED) is 0.857. The van der Waals surface area contributed by atoms with E-state index in [1.807, 2.05) is 0 Å². The van der Waals surface area contributed by atoms with Gasteiger partial charge in [-0.15, -0.1) is 0 Å². The summed E-state index contributed by atoms with van der Waals surface area (Å²) in [5.41, 5.74) is 0.698. The van der Waals surface area contributed by atoms with E-state index in [4.69, 9.17) is 11.6 Å². The number of nitrogens with zero attached hydrogens (tertiary/aromatic N) is 1. The lowest BCUT2D eigenvalue weighted by molar-refractivity contribution is -0.117. The molecule has 1 aromatic carbocycles. The topological polar surface area (TPSA) is 59.1 Å². The number of hydrogen-bond donors (Lipinski definition) is 1. The zero-order valence-electron chi connectivity index (χ0n) is 9.64. The smallest absolute Gasteiger partial charge is 0.228 e. The van der Waals surface area contributed by atoms with Crippen molar-refractivity contribution in [3.8, 4) is 0 Å². The van der Waals surface area contributed by atoms with E-state index in [0.717, 1.165) is 0 Å². The Morgan fingerprint density at radius 2 is 2.17 bits per heavy atom. The minimum atomic E-state index is -2.85. The van der Waals surface area contributed by atoms with E-state index in [9.17, 15) is 9.00 Å². The lowest BCUT2D eigenvalue weighted by Crippen LogP contribution is -2.27. The van der Waals surface area contributed by atoms with Crippen molar-refractivity contribution >= 4 is 44.0 Å². The van der Waals surface area contributed by atoms with Gasteiger partial charge in [0.05, 0.1) is 25.1 Å². The molecule has 0 aliphatic heterocycles. The summed E-state index contributed by atoms with van der Waals surface area (Å²) in [6, 6.07) is 6.60. The Kier molecular flexibility index (Phi) is 3.28. The Hall–Kier alpha value is -1.59. The molecule has 0 spiro atoms. The average Bonchev–Trinajstić information content (AvgIpc) is 2.27. The largest absolute Gasteiger partial charge is 0.280 e. The second kappa shape index (κ2) is 4.59. The molecule has 1 unspecified atom stereocenters. The van der Waals surface area contributed by atoms with Crippen molar-refractivity contribution in [1.29, 1.82) is 0 Å². The number of aromatic nitrogens is 1. The molecule has 1 aromatic heterocycles. The highest BCUT2D eigenvalue weighted by Gasteiger charge is 2.11. The van der Waals surface area contributed by atoms with Crippen molar-refractivity contribution in [2.75, 3.05) is 0 Å². The van der Waals surface area contributed by atoms with E-state index in [1.165, 1.54) is 6.92 Å². The van der Waals surface area contributed by atoms with Gasteiger partial charge in [-0.25, -0.2) is 4.21 Å². The summed E-state index contributed by atoms with van der Waals surface area (Å²) in [6.45, 7) is 1.29. The Balaban J connectivity index is 2.60. The normalized spacial score (nSPS) is 14.1. The molecule has 18 heavy (non-hydrogen) atoms. The molecule has 0 bridgehead atoms. The number of fused-ring (bicyclic) bond motifs is 1. The van der Waals surface area contributed by atoms with Crippen LogP contribution in [0.5, 0.6) is 0 Å². The third kappa shape index (κ3) is 2.47. The molecule has 1 atom stereocenters. The summed E-state index contributed by atoms with van der Waals surface area (Å²) in [6.07, 6.45) is 1.60. The summed E-state index contributed by atoms with van der Waals surface area (Å²) in [4.78, 5) is 15.6. The van der Waals surface area contributed by atoms with Crippen LogP contribution in [0.3, 0.4) is 0 Å². The minimum absolute atomic E-state index is 0.396. The van der Waals surface area contributed by atoms with Crippen LogP contribution in [-0.4, -0.2) is 21.0 Å². The lowest BCUT2D eigenvalue weighted by atomic mass is 10.2. The SMILES string of the molecule is C=S(=O)(NC(C)=O)c1ccc2nccc(Cl)c2c1. The Bertz CT molecular complexity index is 726. The average molecular weight is 283 g/mol. The molecule has 4 nitrogen and oxygen atoms in total. The summed E-state index contributed by atoms with van der Waals surface area (Å²) in [5, 5.41) is 1.19. The third-order valence-electron chi connectivity index (χ3n) is 2.35. The van der Waals surface area contributed by atoms with Crippen LogP contribution in [0.2, 0.25) is 5.02 Å². The molecule has 0 radical (unpaired) electrons. The fraction of sp³-hybridized carbons (Fsp3) is 0.0833. The van der Waals surface area contributed by atoms with E-state index in [1.54, 1.807) is 30.5 Å². The first-order chi connectivity index (χ1) is 8.40. The van der Waals surface area contributed by atoms with Crippen molar-refractivity contribution in [2.45, 2.75) is 11.8 Å². The Morgan fingerprint density at radius 1 is 1.44 bits per heavy atom. The van der Waals surface area contributed by atoms with Gasteiger partial charge in [-0.3, -0.25) is 14.5 Å². The fourth-order valence-electron chi connectivity index (χ4n) is 1.59. The van der Waals surface area contributed by atoms with E-state index in [0.29, 0.717) is 20.8 Å². The number of amides is 1. The number of nitrogens with one attached hydrogen (secondary N) is 1. The van der Waals surface area contributed by atoms with Gasteiger partial charge in [-0.2, -0.15) is 0 Å². The van der Waals surface area contributed by atoms with Gasteiger partial charge in [-0.05, 0) is 30.1 Å². The van der Waals surface area contributed by atoms with Crippen LogP contribution in [0.1, 0.15) is 6.92 Å². The van der Waals surface area contributed by atoms with Crippen molar-refractivity contribution < 1.29 is 9.00 Å². The number of carbonyl (C=O) groups excluding carboxylic acids is 1. The van der Waals surface area contributed by atoms with Gasteiger partial charge in [-0.1, -0.05) is 11.6 Å². The fourth-order valence-corrected chi connectivity index (χ4v) is 2.97. The second-order valence-electron chi connectivity index (χ2n) is 3.81. The second-order valence-corrected chi connectivity index (χ2v) is 6.24. The minimum Gasteiger partial charge on any atom is -0.280 e. The first-order valence-corrected chi connectivity index (χ1v) is 7.20. The van der Waals surface area contributed by atoms with E-state index >= 15 is 0 Å². The third-order valence-corrected chi connectivity index (χ3v) is 4.31. The molecule has 1 heterocycles. The predicted octanol–water partition coefficient (Wildman–Crippen LogP) is 2.01. The molecule has 0 saturated heterocycles. The van der Waals surface area contributed by atoms with Crippen molar-refractivity contribution in [3.63, 3.8) is 0 Å². The van der Waals surface area contributed by atoms with Gasteiger partial charge < -0.3 is 0 Å². The molecule has 0 saturated carbocycles. The van der Waals surface area contributed by atoms with Gasteiger partial charge in [0.2, 0.25) is 5.91 Å². The van der Waals surface area contributed by atoms with Crippen LogP contribution in [0, 0.1) is 0 Å². The number of benzene rings is 1. The zero-order valence-corrected chi connectivity index (χ0v) is 11.2. The van der Waals surface area contributed by atoms with Crippen LogP contribution in [0.15, 0.2) is 35.4 Å². The van der Waals surface area contributed by atoms with Gasteiger partial charge in [0.1, 0.15) is 0 Å². The molecule has 1 N–H and O–H groups in total. The van der Waals surface area contributed by atoms with E-state index in [-0.39, 0.29) is 0 Å². The van der Waals surface area contributed by atoms with Crippen LogP contribution in [0.25, 0.3) is 10.9 Å². The molecular weight excluding hydrogens is 272 g/mol. The first kappa shape index (κ1) is 12.9. The first-order valence-electron chi connectivity index (χ1n) is 5.10. The van der Waals surface area contributed by atoms with Gasteiger partial charge in [0.15, 0.2) is 0 Å². The highest BCUT2D eigenvalue weighted by molar-refractivity contribution is 7.99. The number of carbonyl (C=O) groups is 1. The molecule has 6 heteroatoms. The number of pyridine rings is 1. The molecule has 94 valence electrons. The maximum absolute atomic E-state index is 12.2. The maximum Gasteiger partial charge on any atom is 0.228 e.